The second-order valence-electron chi connectivity index (χ2n) is 4.90. The lowest BCUT2D eigenvalue weighted by Gasteiger charge is -2.15. The first-order chi connectivity index (χ1) is 10.9. The average molecular weight is 382 g/mol. The molecule has 0 aliphatic carbocycles. The molecule has 7 heteroatoms. The molecule has 1 aromatic carbocycles. The van der Waals surface area contributed by atoms with Crippen molar-refractivity contribution in [1.29, 1.82) is 0 Å². The van der Waals surface area contributed by atoms with E-state index in [9.17, 15) is 9.59 Å². The number of para-hydroxylation sites is 1. The molecule has 1 atom stereocenters. The van der Waals surface area contributed by atoms with Gasteiger partial charge in [-0.25, -0.2) is 4.79 Å². The van der Waals surface area contributed by atoms with Gasteiger partial charge in [-0.15, -0.1) is 0 Å². The first-order valence-corrected chi connectivity index (χ1v) is 7.69. The van der Waals surface area contributed by atoms with Gasteiger partial charge in [0.1, 0.15) is 22.8 Å². The normalized spacial score (nSPS) is 11.8. The fourth-order valence-corrected chi connectivity index (χ4v) is 2.32. The molecule has 2 rings (SSSR count). The van der Waals surface area contributed by atoms with Crippen molar-refractivity contribution in [3.63, 3.8) is 0 Å². The van der Waals surface area contributed by atoms with Crippen LogP contribution in [0.4, 0.5) is 0 Å². The number of carboxylic acid groups (broad SMARTS) is 1. The highest BCUT2D eigenvalue weighted by atomic mass is 79.9. The van der Waals surface area contributed by atoms with Crippen molar-refractivity contribution in [3.8, 4) is 5.75 Å². The number of furan rings is 1. The molecule has 1 unspecified atom stereocenters. The third-order valence-corrected chi connectivity index (χ3v) is 3.80. The molecule has 2 N–H and O–H groups in total. The molecule has 0 fully saturated rings. The van der Waals surface area contributed by atoms with Crippen LogP contribution in [0.15, 0.2) is 39.2 Å². The fourth-order valence-electron chi connectivity index (χ4n) is 1.95. The first-order valence-electron chi connectivity index (χ1n) is 6.90. The predicted molar refractivity (Wildman–Crippen MR) is 86.5 cm³/mol. The van der Waals surface area contributed by atoms with Crippen LogP contribution in [0.1, 0.15) is 28.8 Å². The van der Waals surface area contributed by atoms with E-state index in [-0.39, 0.29) is 18.0 Å². The third kappa shape index (κ3) is 4.35. The molecule has 0 spiro atoms. The van der Waals surface area contributed by atoms with Crippen LogP contribution in [0.2, 0.25) is 0 Å². The van der Waals surface area contributed by atoms with Crippen molar-refractivity contribution in [1.82, 2.24) is 5.32 Å². The first kappa shape index (κ1) is 17.1. The molecule has 122 valence electrons. The molecule has 23 heavy (non-hydrogen) atoms. The highest BCUT2D eigenvalue weighted by Crippen LogP contribution is 2.24. The largest absolute Gasteiger partial charge is 0.480 e. The number of nitrogens with one attached hydrogen (secondary N) is 1. The Morgan fingerprint density at radius 2 is 2.09 bits per heavy atom. The number of carboxylic acids is 1. The van der Waals surface area contributed by atoms with Crippen LogP contribution in [-0.4, -0.2) is 23.1 Å². The van der Waals surface area contributed by atoms with E-state index >= 15 is 0 Å². The van der Waals surface area contributed by atoms with Crippen molar-refractivity contribution in [2.24, 2.45) is 0 Å². The third-order valence-electron chi connectivity index (χ3n) is 3.15. The summed E-state index contributed by atoms with van der Waals surface area (Å²) in [4.78, 5) is 23.0. The van der Waals surface area contributed by atoms with E-state index in [2.05, 4.69) is 21.2 Å². The van der Waals surface area contributed by atoms with Gasteiger partial charge in [0.15, 0.2) is 6.10 Å². The average Bonchev–Trinajstić information content (AvgIpc) is 2.88. The van der Waals surface area contributed by atoms with Crippen molar-refractivity contribution in [2.75, 3.05) is 0 Å². The zero-order chi connectivity index (χ0) is 17.0. The maximum absolute atomic E-state index is 12.0. The Morgan fingerprint density at radius 3 is 2.70 bits per heavy atom. The van der Waals surface area contributed by atoms with Crippen LogP contribution in [0, 0.1) is 6.92 Å². The zero-order valence-corrected chi connectivity index (χ0v) is 14.2. The molecule has 2 aromatic rings. The van der Waals surface area contributed by atoms with Gasteiger partial charge >= 0.3 is 5.97 Å². The number of rotatable bonds is 6. The molecule has 1 heterocycles. The molecule has 0 saturated heterocycles. The van der Waals surface area contributed by atoms with Crippen LogP contribution in [-0.2, 0) is 11.3 Å². The standard InChI is InChI=1S/C16H16BrNO5/c1-9-12(16(20)21)7-11(22-9)8-18-15(19)10(2)23-14-6-4-3-5-13(14)17/h3-7,10H,8H2,1-2H3,(H,18,19)(H,20,21). The number of carbonyl (C=O) groups excluding carboxylic acids is 1. The molecule has 0 bridgehead atoms. The number of ether oxygens (including phenoxy) is 1. The Hall–Kier alpha value is -2.28. The van der Waals surface area contributed by atoms with Gasteiger partial charge in [0.05, 0.1) is 11.0 Å². The monoisotopic (exact) mass is 381 g/mol. The highest BCUT2D eigenvalue weighted by Gasteiger charge is 2.18. The Labute approximate surface area is 141 Å². The van der Waals surface area contributed by atoms with Gasteiger partial charge in [-0.1, -0.05) is 12.1 Å². The smallest absolute Gasteiger partial charge is 0.339 e. The molecule has 1 amide bonds. The van der Waals surface area contributed by atoms with E-state index in [1.165, 1.54) is 6.07 Å². The van der Waals surface area contributed by atoms with Crippen molar-refractivity contribution < 1.29 is 23.8 Å². The molecule has 0 radical (unpaired) electrons. The molecule has 6 nitrogen and oxygen atoms in total. The Morgan fingerprint density at radius 1 is 1.39 bits per heavy atom. The Bertz CT molecular complexity index is 725. The van der Waals surface area contributed by atoms with Crippen molar-refractivity contribution in [2.45, 2.75) is 26.5 Å². The van der Waals surface area contributed by atoms with Crippen molar-refractivity contribution >= 4 is 27.8 Å². The molecular formula is C16H16BrNO5. The molecule has 0 aliphatic heterocycles. The lowest BCUT2D eigenvalue weighted by molar-refractivity contribution is -0.127. The van der Waals surface area contributed by atoms with Gasteiger partial charge in [-0.2, -0.15) is 0 Å². The SMILES string of the molecule is Cc1oc(CNC(=O)C(C)Oc2ccccc2Br)cc1C(=O)O. The maximum atomic E-state index is 12.0. The summed E-state index contributed by atoms with van der Waals surface area (Å²) in [7, 11) is 0. The molecule has 1 aromatic heterocycles. The van der Waals surface area contributed by atoms with Gasteiger partial charge in [0.25, 0.3) is 5.91 Å². The number of benzene rings is 1. The second-order valence-corrected chi connectivity index (χ2v) is 5.75. The lowest BCUT2D eigenvalue weighted by Crippen LogP contribution is -2.35. The minimum absolute atomic E-state index is 0.0896. The summed E-state index contributed by atoms with van der Waals surface area (Å²) < 4.78 is 11.6. The molecule has 0 saturated carbocycles. The second kappa shape index (κ2) is 7.32. The van der Waals surface area contributed by atoms with E-state index < -0.39 is 12.1 Å². The summed E-state index contributed by atoms with van der Waals surface area (Å²) in [6, 6.07) is 8.63. The van der Waals surface area contributed by atoms with E-state index in [0.717, 1.165) is 4.47 Å². The number of carbonyl (C=O) groups is 2. The summed E-state index contributed by atoms with van der Waals surface area (Å²) in [6.07, 6.45) is -0.705. The summed E-state index contributed by atoms with van der Waals surface area (Å²) in [5, 5.41) is 11.6. The van der Waals surface area contributed by atoms with Gasteiger partial charge in [-0.3, -0.25) is 4.79 Å². The van der Waals surface area contributed by atoms with Crippen molar-refractivity contribution in [3.05, 3.63) is 51.9 Å². The van der Waals surface area contributed by atoms with E-state index in [1.807, 2.05) is 18.2 Å². The van der Waals surface area contributed by atoms with Crippen LogP contribution in [0.3, 0.4) is 0 Å². The van der Waals surface area contributed by atoms with Crippen LogP contribution in [0.25, 0.3) is 0 Å². The number of aryl methyl sites for hydroxylation is 1. The molecular weight excluding hydrogens is 366 g/mol. The Balaban J connectivity index is 1.93. The number of aromatic carboxylic acids is 1. The summed E-state index contributed by atoms with van der Waals surface area (Å²) in [6.45, 7) is 3.29. The lowest BCUT2D eigenvalue weighted by atomic mass is 10.2. The number of halogens is 1. The summed E-state index contributed by atoms with van der Waals surface area (Å²) in [5.74, 6) is -0.140. The number of hydrogen-bond acceptors (Lipinski definition) is 4. The van der Waals surface area contributed by atoms with Gasteiger partial charge in [0, 0.05) is 0 Å². The number of hydrogen-bond donors (Lipinski definition) is 2. The minimum Gasteiger partial charge on any atom is -0.480 e. The van der Waals surface area contributed by atoms with Gasteiger partial charge < -0.3 is 19.6 Å². The zero-order valence-electron chi connectivity index (χ0n) is 12.6. The van der Waals surface area contributed by atoms with Gasteiger partial charge in [-0.05, 0) is 48.0 Å². The Kier molecular flexibility index (Phi) is 5.44. The van der Waals surface area contributed by atoms with Crippen LogP contribution >= 0.6 is 15.9 Å². The van der Waals surface area contributed by atoms with Gasteiger partial charge in [0.2, 0.25) is 0 Å². The number of amides is 1. The van der Waals surface area contributed by atoms with E-state index in [1.54, 1.807) is 19.9 Å². The summed E-state index contributed by atoms with van der Waals surface area (Å²) >= 11 is 3.35. The fraction of sp³-hybridized carbons (Fsp3) is 0.250. The predicted octanol–water partition coefficient (Wildman–Crippen LogP) is 3.13. The highest BCUT2D eigenvalue weighted by molar-refractivity contribution is 9.10. The van der Waals surface area contributed by atoms with Crippen LogP contribution < -0.4 is 10.1 Å². The molecule has 0 aliphatic rings. The van der Waals surface area contributed by atoms with E-state index in [4.69, 9.17) is 14.3 Å². The van der Waals surface area contributed by atoms with Crippen LogP contribution in [0.5, 0.6) is 5.75 Å². The minimum atomic E-state index is -1.06. The maximum Gasteiger partial charge on any atom is 0.339 e. The summed E-state index contributed by atoms with van der Waals surface area (Å²) in [5.41, 5.74) is 0.0896. The quantitative estimate of drug-likeness (QED) is 0.802. The topological polar surface area (TPSA) is 88.8 Å². The van der Waals surface area contributed by atoms with E-state index in [0.29, 0.717) is 17.3 Å².